The molecule has 1 unspecified atom stereocenters. The Morgan fingerprint density at radius 3 is 2.52 bits per heavy atom. The smallest absolute Gasteiger partial charge is 0.305 e. The number of carbonyl (C=O) groups excluding carboxylic acids is 1. The average Bonchev–Trinajstić information content (AvgIpc) is 3.05. The number of nitrogens with zero attached hydrogens (tertiary/aromatic N) is 1. The summed E-state index contributed by atoms with van der Waals surface area (Å²) in [7, 11) is -3.35. The maximum Gasteiger partial charge on any atom is 0.305 e. The Hall–Kier alpha value is -2.87. The molecule has 1 atom stereocenters. The molecule has 8 heteroatoms. The van der Waals surface area contributed by atoms with Gasteiger partial charge in [-0.25, -0.2) is 8.42 Å². The normalized spacial score (nSPS) is 14.5. The van der Waals surface area contributed by atoms with Gasteiger partial charge in [0.15, 0.2) is 0 Å². The summed E-state index contributed by atoms with van der Waals surface area (Å²) in [6.45, 7) is 0.352. The molecule has 0 saturated carbocycles. The van der Waals surface area contributed by atoms with Gasteiger partial charge in [0.1, 0.15) is 0 Å². The largest absolute Gasteiger partial charge is 0.481 e. The van der Waals surface area contributed by atoms with E-state index in [2.05, 4.69) is 5.32 Å². The molecule has 142 valence electrons. The molecule has 2 aromatic rings. The van der Waals surface area contributed by atoms with Crippen LogP contribution in [0, 0.1) is 0 Å². The molecule has 2 N–H and O–H groups in total. The second-order valence-corrected chi connectivity index (χ2v) is 8.37. The molecule has 1 heterocycles. The van der Waals surface area contributed by atoms with Crippen molar-refractivity contribution in [1.29, 1.82) is 0 Å². The summed E-state index contributed by atoms with van der Waals surface area (Å²) in [6.07, 6.45) is 1.45. The van der Waals surface area contributed by atoms with E-state index in [0.717, 1.165) is 11.8 Å². The van der Waals surface area contributed by atoms with Gasteiger partial charge in [-0.3, -0.25) is 13.9 Å². The first-order chi connectivity index (χ1) is 12.8. The van der Waals surface area contributed by atoms with Crippen molar-refractivity contribution in [2.45, 2.75) is 18.9 Å². The number of anilines is 1. The Balaban J connectivity index is 1.82. The van der Waals surface area contributed by atoms with E-state index in [1.165, 1.54) is 4.31 Å². The van der Waals surface area contributed by atoms with Gasteiger partial charge in [-0.15, -0.1) is 0 Å². The van der Waals surface area contributed by atoms with Gasteiger partial charge in [-0.1, -0.05) is 30.3 Å². The molecular formula is C19H20N2O5S. The van der Waals surface area contributed by atoms with Crippen LogP contribution in [0.15, 0.2) is 48.5 Å². The number of sulfonamides is 1. The monoisotopic (exact) mass is 388 g/mol. The zero-order valence-electron chi connectivity index (χ0n) is 14.8. The molecule has 3 rings (SSSR count). The van der Waals surface area contributed by atoms with Gasteiger partial charge >= 0.3 is 5.97 Å². The first kappa shape index (κ1) is 18.9. The average molecular weight is 388 g/mol. The Kier molecular flexibility index (Phi) is 5.18. The maximum absolute atomic E-state index is 12.7. The van der Waals surface area contributed by atoms with Crippen molar-refractivity contribution in [1.82, 2.24) is 5.32 Å². The van der Waals surface area contributed by atoms with Gasteiger partial charge in [0.2, 0.25) is 10.0 Å². The van der Waals surface area contributed by atoms with E-state index in [4.69, 9.17) is 5.11 Å². The molecule has 1 aliphatic rings. The van der Waals surface area contributed by atoms with E-state index in [1.54, 1.807) is 42.5 Å². The number of carboxylic acids is 1. The SMILES string of the molecule is CS(=O)(=O)N1CCc2cc(C(=O)NC(CC(=O)O)c3ccccc3)ccc21. The van der Waals surface area contributed by atoms with Crippen LogP contribution in [0.1, 0.15) is 33.9 Å². The fourth-order valence-corrected chi connectivity index (χ4v) is 4.17. The lowest BCUT2D eigenvalue weighted by molar-refractivity contribution is -0.137. The van der Waals surface area contributed by atoms with Crippen molar-refractivity contribution >= 4 is 27.6 Å². The van der Waals surface area contributed by atoms with E-state index in [-0.39, 0.29) is 6.42 Å². The number of hydrogen-bond donors (Lipinski definition) is 2. The minimum Gasteiger partial charge on any atom is -0.481 e. The summed E-state index contributed by atoms with van der Waals surface area (Å²) in [5.41, 5.74) is 2.44. The number of carboxylic acid groups (broad SMARTS) is 1. The van der Waals surface area contributed by atoms with Crippen molar-refractivity contribution in [2.75, 3.05) is 17.1 Å². The standard InChI is InChI=1S/C19H20N2O5S/c1-27(25,26)21-10-9-14-11-15(7-8-17(14)21)19(24)20-16(12-18(22)23)13-5-3-2-4-6-13/h2-8,11,16H,9-10,12H2,1H3,(H,20,24)(H,22,23). The minimum atomic E-state index is -3.35. The number of fused-ring (bicyclic) bond motifs is 1. The molecule has 7 nitrogen and oxygen atoms in total. The highest BCUT2D eigenvalue weighted by Crippen LogP contribution is 2.31. The van der Waals surface area contributed by atoms with Crippen LogP contribution in [-0.4, -0.2) is 38.2 Å². The second-order valence-electron chi connectivity index (χ2n) is 6.46. The number of nitrogens with one attached hydrogen (secondary N) is 1. The predicted molar refractivity (Wildman–Crippen MR) is 101 cm³/mol. The van der Waals surface area contributed by atoms with Gasteiger partial charge < -0.3 is 10.4 Å². The third-order valence-electron chi connectivity index (χ3n) is 4.48. The highest BCUT2D eigenvalue weighted by Gasteiger charge is 2.27. The molecule has 0 bridgehead atoms. The highest BCUT2D eigenvalue weighted by molar-refractivity contribution is 7.92. The van der Waals surface area contributed by atoms with Crippen LogP contribution in [0.5, 0.6) is 0 Å². The first-order valence-electron chi connectivity index (χ1n) is 8.44. The first-order valence-corrected chi connectivity index (χ1v) is 10.3. The Morgan fingerprint density at radius 1 is 1.19 bits per heavy atom. The molecule has 0 aromatic heterocycles. The van der Waals surface area contributed by atoms with Gasteiger partial charge in [-0.2, -0.15) is 0 Å². The van der Waals surface area contributed by atoms with Crippen molar-refractivity contribution in [3.8, 4) is 0 Å². The Labute approximate surface area is 157 Å². The molecule has 0 saturated heterocycles. The lowest BCUT2D eigenvalue weighted by Crippen LogP contribution is -2.30. The number of aliphatic carboxylic acids is 1. The summed E-state index contributed by atoms with van der Waals surface area (Å²) in [5.74, 6) is -1.41. The Morgan fingerprint density at radius 2 is 1.89 bits per heavy atom. The van der Waals surface area contributed by atoms with Crippen LogP contribution in [0.2, 0.25) is 0 Å². The molecule has 0 radical (unpaired) electrons. The highest BCUT2D eigenvalue weighted by atomic mass is 32.2. The lowest BCUT2D eigenvalue weighted by Gasteiger charge is -2.18. The van der Waals surface area contributed by atoms with Crippen molar-refractivity contribution in [2.24, 2.45) is 0 Å². The summed E-state index contributed by atoms with van der Waals surface area (Å²) >= 11 is 0. The Bertz CT molecular complexity index is 973. The van der Waals surface area contributed by atoms with Crippen molar-refractivity contribution in [3.05, 3.63) is 65.2 Å². The summed E-state index contributed by atoms with van der Waals surface area (Å²) in [5, 5.41) is 11.9. The maximum atomic E-state index is 12.7. The summed E-state index contributed by atoms with van der Waals surface area (Å²) in [6, 6.07) is 13.1. The number of amides is 1. The topological polar surface area (TPSA) is 104 Å². The van der Waals surface area contributed by atoms with E-state index in [9.17, 15) is 18.0 Å². The number of hydrogen-bond acceptors (Lipinski definition) is 4. The van der Waals surface area contributed by atoms with Crippen LogP contribution in [0.25, 0.3) is 0 Å². The fourth-order valence-electron chi connectivity index (χ4n) is 3.21. The number of rotatable bonds is 6. The molecule has 0 spiro atoms. The zero-order chi connectivity index (χ0) is 19.6. The van der Waals surface area contributed by atoms with E-state index in [0.29, 0.717) is 29.8 Å². The van der Waals surface area contributed by atoms with Crippen molar-refractivity contribution < 1.29 is 23.1 Å². The zero-order valence-corrected chi connectivity index (χ0v) is 15.6. The molecule has 0 fully saturated rings. The predicted octanol–water partition coefficient (Wildman–Crippen LogP) is 1.95. The third-order valence-corrected chi connectivity index (χ3v) is 5.66. The molecule has 2 aromatic carbocycles. The molecule has 27 heavy (non-hydrogen) atoms. The van der Waals surface area contributed by atoms with Gasteiger partial charge in [0.05, 0.1) is 24.4 Å². The van der Waals surface area contributed by atoms with Crippen LogP contribution in [-0.2, 0) is 21.2 Å². The van der Waals surface area contributed by atoms with Crippen LogP contribution in [0.3, 0.4) is 0 Å². The van der Waals surface area contributed by atoms with Gasteiger partial charge in [0.25, 0.3) is 5.91 Å². The second kappa shape index (κ2) is 7.40. The van der Waals surface area contributed by atoms with Crippen LogP contribution in [0.4, 0.5) is 5.69 Å². The minimum absolute atomic E-state index is 0.234. The molecule has 0 aliphatic carbocycles. The van der Waals surface area contributed by atoms with Gasteiger partial charge in [-0.05, 0) is 35.7 Å². The van der Waals surface area contributed by atoms with Crippen molar-refractivity contribution in [3.63, 3.8) is 0 Å². The van der Waals surface area contributed by atoms with E-state index >= 15 is 0 Å². The van der Waals surface area contributed by atoms with E-state index < -0.39 is 27.9 Å². The lowest BCUT2D eigenvalue weighted by atomic mass is 10.0. The van der Waals surface area contributed by atoms with Crippen LogP contribution < -0.4 is 9.62 Å². The number of benzene rings is 2. The van der Waals surface area contributed by atoms with Gasteiger partial charge in [0, 0.05) is 12.1 Å². The molecule has 1 amide bonds. The van der Waals surface area contributed by atoms with E-state index in [1.807, 2.05) is 6.07 Å². The number of carbonyl (C=O) groups is 2. The quantitative estimate of drug-likeness (QED) is 0.787. The molecular weight excluding hydrogens is 368 g/mol. The summed E-state index contributed by atoms with van der Waals surface area (Å²) < 4.78 is 24.9. The summed E-state index contributed by atoms with van der Waals surface area (Å²) in [4.78, 5) is 23.8. The third kappa shape index (κ3) is 4.28. The van der Waals surface area contributed by atoms with Crippen LogP contribution >= 0.6 is 0 Å². The molecule has 1 aliphatic heterocycles. The fraction of sp³-hybridized carbons (Fsp3) is 0.263.